The molecular formula is C10H9BrN4O2. The third-order valence-corrected chi connectivity index (χ3v) is 3.41. The molecule has 2 aromatic rings. The molecule has 1 N–H and O–H groups in total. The second-order valence-electron chi connectivity index (χ2n) is 3.46. The van der Waals surface area contributed by atoms with Gasteiger partial charge < -0.3 is 5.11 Å². The van der Waals surface area contributed by atoms with Gasteiger partial charge in [-0.1, -0.05) is 0 Å². The molecule has 17 heavy (non-hydrogen) atoms. The lowest BCUT2D eigenvalue weighted by Crippen LogP contribution is -2.08. The monoisotopic (exact) mass is 296 g/mol. The average molecular weight is 297 g/mol. The average Bonchev–Trinajstić information content (AvgIpc) is 2.57. The molecule has 0 fully saturated rings. The Hall–Kier alpha value is -1.76. The van der Waals surface area contributed by atoms with E-state index >= 15 is 0 Å². The molecule has 6 nitrogen and oxygen atoms in total. The molecule has 2 rings (SSSR count). The number of hydrogen-bond donors (Lipinski definition) is 1. The number of carboxylic acids is 1. The van der Waals surface area contributed by atoms with Gasteiger partial charge in [-0.3, -0.25) is 4.98 Å². The Balaban J connectivity index is 2.56. The lowest BCUT2D eigenvalue weighted by Gasteiger charge is -2.03. The van der Waals surface area contributed by atoms with Crippen LogP contribution < -0.4 is 0 Å². The fourth-order valence-electron chi connectivity index (χ4n) is 1.41. The first-order chi connectivity index (χ1) is 8.00. The molecule has 0 saturated heterocycles. The standard InChI is InChI=1S/C10H9BrN4O2/c1-5-9(11)6(2)15(14-5)8-4-12-3-7(13-8)10(16)17/h3-4H,1-2H3,(H,16,17). The molecule has 0 bridgehead atoms. The molecular weight excluding hydrogens is 288 g/mol. The first-order valence-corrected chi connectivity index (χ1v) is 5.57. The van der Waals surface area contributed by atoms with E-state index in [1.165, 1.54) is 12.4 Å². The third kappa shape index (κ3) is 2.05. The van der Waals surface area contributed by atoms with Crippen LogP contribution in [0.2, 0.25) is 0 Å². The van der Waals surface area contributed by atoms with E-state index in [-0.39, 0.29) is 5.69 Å². The summed E-state index contributed by atoms with van der Waals surface area (Å²) in [7, 11) is 0. The highest BCUT2D eigenvalue weighted by Crippen LogP contribution is 2.21. The summed E-state index contributed by atoms with van der Waals surface area (Å²) in [5, 5.41) is 13.1. The number of aromatic nitrogens is 4. The Kier molecular flexibility index (Phi) is 2.93. The van der Waals surface area contributed by atoms with E-state index in [0.717, 1.165) is 15.9 Å². The van der Waals surface area contributed by atoms with Crippen LogP contribution in [0, 0.1) is 13.8 Å². The summed E-state index contributed by atoms with van der Waals surface area (Å²) in [5.74, 6) is -0.726. The van der Waals surface area contributed by atoms with Gasteiger partial charge in [0.25, 0.3) is 0 Å². The summed E-state index contributed by atoms with van der Waals surface area (Å²) in [5.41, 5.74) is 1.55. The molecule has 88 valence electrons. The van der Waals surface area contributed by atoms with E-state index in [9.17, 15) is 4.79 Å². The highest BCUT2D eigenvalue weighted by Gasteiger charge is 2.13. The first kappa shape index (κ1) is 11.7. The summed E-state index contributed by atoms with van der Waals surface area (Å²) >= 11 is 3.40. The highest BCUT2D eigenvalue weighted by atomic mass is 79.9. The Labute approximate surface area is 105 Å². The van der Waals surface area contributed by atoms with Crippen LogP contribution in [0.4, 0.5) is 0 Å². The van der Waals surface area contributed by atoms with Gasteiger partial charge in [0.15, 0.2) is 11.5 Å². The maximum atomic E-state index is 10.8. The number of halogens is 1. The van der Waals surface area contributed by atoms with Crippen molar-refractivity contribution in [2.75, 3.05) is 0 Å². The normalized spacial score (nSPS) is 10.5. The molecule has 0 spiro atoms. The third-order valence-electron chi connectivity index (χ3n) is 2.26. The zero-order valence-electron chi connectivity index (χ0n) is 9.18. The number of rotatable bonds is 2. The Morgan fingerprint density at radius 3 is 2.65 bits per heavy atom. The van der Waals surface area contributed by atoms with Gasteiger partial charge in [-0.25, -0.2) is 14.5 Å². The summed E-state index contributed by atoms with van der Waals surface area (Å²) < 4.78 is 2.43. The van der Waals surface area contributed by atoms with Crippen LogP contribution in [0.5, 0.6) is 0 Å². The second-order valence-corrected chi connectivity index (χ2v) is 4.26. The summed E-state index contributed by atoms with van der Waals surface area (Å²) in [6.07, 6.45) is 2.67. The molecule has 0 unspecified atom stereocenters. The Morgan fingerprint density at radius 2 is 2.12 bits per heavy atom. The molecule has 0 amide bonds. The Bertz CT molecular complexity index is 594. The van der Waals surface area contributed by atoms with E-state index in [4.69, 9.17) is 5.11 Å². The van der Waals surface area contributed by atoms with Gasteiger partial charge in [-0.15, -0.1) is 0 Å². The van der Waals surface area contributed by atoms with Crippen LogP contribution in [-0.2, 0) is 0 Å². The SMILES string of the molecule is Cc1nn(-c2cncc(C(=O)O)n2)c(C)c1Br. The molecule has 7 heteroatoms. The van der Waals surface area contributed by atoms with E-state index in [1.807, 2.05) is 13.8 Å². The number of nitrogens with zero attached hydrogens (tertiary/aromatic N) is 4. The molecule has 0 aliphatic carbocycles. The van der Waals surface area contributed by atoms with Crippen LogP contribution in [0.25, 0.3) is 5.82 Å². The number of hydrogen-bond acceptors (Lipinski definition) is 4. The van der Waals surface area contributed by atoms with Gasteiger partial charge in [-0.05, 0) is 29.8 Å². The van der Waals surface area contributed by atoms with Gasteiger partial charge in [0.1, 0.15) is 0 Å². The molecule has 0 aromatic carbocycles. The van der Waals surface area contributed by atoms with Crippen molar-refractivity contribution in [1.82, 2.24) is 19.7 Å². The molecule has 0 aliphatic rings. The molecule has 0 atom stereocenters. The molecule has 2 aromatic heterocycles. The van der Waals surface area contributed by atoms with Crippen molar-refractivity contribution in [3.05, 3.63) is 33.9 Å². The van der Waals surface area contributed by atoms with E-state index in [0.29, 0.717) is 5.82 Å². The van der Waals surface area contributed by atoms with E-state index < -0.39 is 5.97 Å². The van der Waals surface area contributed by atoms with Crippen LogP contribution in [0.3, 0.4) is 0 Å². The van der Waals surface area contributed by atoms with E-state index in [2.05, 4.69) is 31.0 Å². The predicted molar refractivity (Wildman–Crippen MR) is 63.3 cm³/mol. The number of carboxylic acid groups (broad SMARTS) is 1. The lowest BCUT2D eigenvalue weighted by atomic mass is 10.4. The van der Waals surface area contributed by atoms with Crippen molar-refractivity contribution >= 4 is 21.9 Å². The number of carbonyl (C=O) groups is 1. The van der Waals surface area contributed by atoms with Gasteiger partial charge >= 0.3 is 5.97 Å². The van der Waals surface area contributed by atoms with Crippen molar-refractivity contribution in [2.24, 2.45) is 0 Å². The molecule has 0 saturated carbocycles. The van der Waals surface area contributed by atoms with Crippen LogP contribution in [0.1, 0.15) is 21.9 Å². The fourth-order valence-corrected chi connectivity index (χ4v) is 1.65. The largest absolute Gasteiger partial charge is 0.476 e. The van der Waals surface area contributed by atoms with E-state index in [1.54, 1.807) is 4.68 Å². The minimum atomic E-state index is -1.11. The molecule has 2 heterocycles. The molecule has 0 aliphatic heterocycles. The quantitative estimate of drug-likeness (QED) is 0.913. The maximum Gasteiger partial charge on any atom is 0.356 e. The van der Waals surface area contributed by atoms with Crippen molar-refractivity contribution in [3.63, 3.8) is 0 Å². The van der Waals surface area contributed by atoms with Crippen molar-refractivity contribution < 1.29 is 9.90 Å². The Morgan fingerprint density at radius 1 is 1.41 bits per heavy atom. The van der Waals surface area contributed by atoms with Crippen LogP contribution in [-0.4, -0.2) is 30.8 Å². The van der Waals surface area contributed by atoms with Crippen molar-refractivity contribution in [1.29, 1.82) is 0 Å². The highest BCUT2D eigenvalue weighted by molar-refractivity contribution is 9.10. The maximum absolute atomic E-state index is 10.8. The number of aryl methyl sites for hydroxylation is 1. The van der Waals surface area contributed by atoms with Gasteiger partial charge in [0.05, 0.1) is 28.3 Å². The lowest BCUT2D eigenvalue weighted by molar-refractivity contribution is 0.0690. The van der Waals surface area contributed by atoms with Gasteiger partial charge in [-0.2, -0.15) is 5.10 Å². The zero-order valence-corrected chi connectivity index (χ0v) is 10.8. The summed E-state index contributed by atoms with van der Waals surface area (Å²) in [6.45, 7) is 3.71. The van der Waals surface area contributed by atoms with Crippen molar-refractivity contribution in [2.45, 2.75) is 13.8 Å². The van der Waals surface area contributed by atoms with Gasteiger partial charge in [0, 0.05) is 0 Å². The topological polar surface area (TPSA) is 80.9 Å². The van der Waals surface area contributed by atoms with Crippen LogP contribution in [0.15, 0.2) is 16.9 Å². The minimum absolute atomic E-state index is 0.105. The number of aromatic carboxylic acids is 1. The van der Waals surface area contributed by atoms with Crippen molar-refractivity contribution in [3.8, 4) is 5.82 Å². The first-order valence-electron chi connectivity index (χ1n) is 4.78. The summed E-state index contributed by atoms with van der Waals surface area (Å²) in [4.78, 5) is 18.6. The fraction of sp³-hybridized carbons (Fsp3) is 0.200. The predicted octanol–water partition coefficient (Wildman–Crippen LogP) is 1.74. The zero-order chi connectivity index (χ0) is 12.6. The smallest absolute Gasteiger partial charge is 0.356 e. The van der Waals surface area contributed by atoms with Crippen LogP contribution >= 0.6 is 15.9 Å². The van der Waals surface area contributed by atoms with Gasteiger partial charge in [0.2, 0.25) is 0 Å². The second kappa shape index (κ2) is 4.25. The minimum Gasteiger partial charge on any atom is -0.476 e. The molecule has 0 radical (unpaired) electrons. The summed E-state index contributed by atoms with van der Waals surface area (Å²) in [6, 6.07) is 0.